The molecule has 1 aromatic carbocycles. The van der Waals surface area contributed by atoms with Crippen molar-refractivity contribution in [3.8, 4) is 0 Å². The number of aliphatic hydroxyl groups is 1. The van der Waals surface area contributed by atoms with E-state index in [1.807, 2.05) is 0 Å². The lowest BCUT2D eigenvalue weighted by Gasteiger charge is -2.13. The van der Waals surface area contributed by atoms with Crippen LogP contribution in [0.3, 0.4) is 0 Å². The van der Waals surface area contributed by atoms with Crippen LogP contribution in [0.5, 0.6) is 0 Å². The van der Waals surface area contributed by atoms with E-state index >= 15 is 0 Å². The molecular weight excluding hydrogens is 304 g/mol. The Morgan fingerprint density at radius 3 is 2.76 bits per heavy atom. The number of hydrogen-bond donors (Lipinski definition) is 3. The van der Waals surface area contributed by atoms with Crippen molar-refractivity contribution in [2.75, 3.05) is 25.6 Å². The van der Waals surface area contributed by atoms with E-state index in [1.165, 1.54) is 7.11 Å². The Labute approximate surface area is 125 Å². The first kappa shape index (κ1) is 17.2. The smallest absolute Gasteiger partial charge is 0.338 e. The van der Waals surface area contributed by atoms with Gasteiger partial charge in [-0.2, -0.15) is 0 Å². The molecule has 0 bridgehead atoms. The van der Waals surface area contributed by atoms with Gasteiger partial charge < -0.3 is 20.3 Å². The van der Waals surface area contributed by atoms with E-state index < -0.39 is 22.7 Å². The van der Waals surface area contributed by atoms with Crippen LogP contribution in [0.4, 0.5) is 11.4 Å². The number of hydrogen-bond acceptors (Lipinski definition) is 6. The van der Waals surface area contributed by atoms with Gasteiger partial charge in [0.05, 0.1) is 33.9 Å². The van der Waals surface area contributed by atoms with Crippen LogP contribution in [-0.4, -0.2) is 47.5 Å². The lowest BCUT2D eigenvalue weighted by molar-refractivity contribution is -0.384. The summed E-state index contributed by atoms with van der Waals surface area (Å²) in [6, 6.07) is 2.00. The second-order valence-corrected chi connectivity index (χ2v) is 4.64. The van der Waals surface area contributed by atoms with Gasteiger partial charge in [-0.25, -0.2) is 4.79 Å². The summed E-state index contributed by atoms with van der Waals surface area (Å²) >= 11 is 5.88. The Kier molecular flexibility index (Phi) is 6.35. The normalized spacial score (nSPS) is 12.0. The maximum Gasteiger partial charge on any atom is 0.338 e. The van der Waals surface area contributed by atoms with Crippen LogP contribution in [0.15, 0.2) is 12.1 Å². The number of ether oxygens (including phenoxy) is 1. The molecule has 0 radical (unpaired) electrons. The average Bonchev–Trinajstić information content (AvgIpc) is 2.39. The Hall–Kier alpha value is -1.90. The molecule has 0 fully saturated rings. The molecule has 1 aromatic rings. The number of nitro groups is 1. The molecule has 3 N–H and O–H groups in total. The molecule has 1 rings (SSSR count). The molecule has 0 saturated carbocycles. The van der Waals surface area contributed by atoms with Crippen LogP contribution < -0.4 is 5.32 Å². The summed E-state index contributed by atoms with van der Waals surface area (Å²) in [4.78, 5) is 21.1. The standard InChI is InChI=1S/C12H15ClN2O6/c1-21-6-8(16)2-3-14-11-9(12(17)18)4-7(15(19)20)5-10(11)13/h4-5,8,14,16H,2-3,6H2,1H3,(H,17,18). The van der Waals surface area contributed by atoms with E-state index in [0.29, 0.717) is 6.42 Å². The number of anilines is 1. The second kappa shape index (κ2) is 7.77. The van der Waals surface area contributed by atoms with Gasteiger partial charge in [0.15, 0.2) is 0 Å². The molecule has 0 aliphatic rings. The molecule has 0 spiro atoms. The van der Waals surface area contributed by atoms with Crippen LogP contribution in [0.1, 0.15) is 16.8 Å². The topological polar surface area (TPSA) is 122 Å². The lowest BCUT2D eigenvalue weighted by atomic mass is 10.1. The Bertz CT molecular complexity index is 537. The summed E-state index contributed by atoms with van der Waals surface area (Å²) in [5, 5.41) is 32.0. The van der Waals surface area contributed by atoms with E-state index in [4.69, 9.17) is 21.4 Å². The summed E-state index contributed by atoms with van der Waals surface area (Å²) < 4.78 is 4.76. The molecule has 9 heteroatoms. The van der Waals surface area contributed by atoms with Gasteiger partial charge in [-0.05, 0) is 6.42 Å². The minimum atomic E-state index is -1.33. The Morgan fingerprint density at radius 2 is 2.24 bits per heavy atom. The average molecular weight is 319 g/mol. The first-order chi connectivity index (χ1) is 9.86. The van der Waals surface area contributed by atoms with Gasteiger partial charge in [-0.3, -0.25) is 10.1 Å². The highest BCUT2D eigenvalue weighted by atomic mass is 35.5. The summed E-state index contributed by atoms with van der Waals surface area (Å²) in [5.41, 5.74) is -0.614. The van der Waals surface area contributed by atoms with Crippen molar-refractivity contribution >= 4 is 28.9 Å². The molecule has 0 aliphatic heterocycles. The quantitative estimate of drug-likeness (QED) is 0.493. The van der Waals surface area contributed by atoms with Gasteiger partial charge in [0, 0.05) is 25.8 Å². The summed E-state index contributed by atoms with van der Waals surface area (Å²) in [5.74, 6) is -1.33. The largest absolute Gasteiger partial charge is 0.478 e. The number of nitrogens with one attached hydrogen (secondary N) is 1. The molecule has 0 amide bonds. The third kappa shape index (κ3) is 4.85. The maximum atomic E-state index is 11.2. The molecule has 0 aromatic heterocycles. The molecule has 0 saturated heterocycles. The number of nitrogens with zero attached hydrogens (tertiary/aromatic N) is 1. The number of halogens is 1. The minimum absolute atomic E-state index is 0.0668. The highest BCUT2D eigenvalue weighted by molar-refractivity contribution is 6.34. The van der Waals surface area contributed by atoms with Gasteiger partial charge in [0.1, 0.15) is 0 Å². The van der Waals surface area contributed by atoms with Crippen LogP contribution in [-0.2, 0) is 4.74 Å². The van der Waals surface area contributed by atoms with Crippen molar-refractivity contribution in [2.45, 2.75) is 12.5 Å². The number of non-ortho nitro benzene ring substituents is 1. The molecule has 0 aliphatic carbocycles. The predicted octanol–water partition coefficient (Wildman–Crippen LogP) is 1.76. The highest BCUT2D eigenvalue weighted by Crippen LogP contribution is 2.31. The van der Waals surface area contributed by atoms with E-state index in [-0.39, 0.29) is 29.4 Å². The van der Waals surface area contributed by atoms with Gasteiger partial charge in [0.25, 0.3) is 5.69 Å². The molecule has 21 heavy (non-hydrogen) atoms. The number of aromatic carboxylic acids is 1. The van der Waals surface area contributed by atoms with Crippen molar-refractivity contribution in [2.24, 2.45) is 0 Å². The zero-order valence-electron chi connectivity index (χ0n) is 11.2. The summed E-state index contributed by atoms with van der Waals surface area (Å²) in [6.45, 7) is 0.393. The van der Waals surface area contributed by atoms with Crippen molar-refractivity contribution in [3.05, 3.63) is 32.8 Å². The molecule has 0 heterocycles. The van der Waals surface area contributed by atoms with Gasteiger partial charge in [-0.1, -0.05) is 11.6 Å². The third-order valence-corrected chi connectivity index (χ3v) is 2.95. The van der Waals surface area contributed by atoms with E-state index in [2.05, 4.69) is 5.32 Å². The first-order valence-electron chi connectivity index (χ1n) is 5.99. The molecule has 1 unspecified atom stereocenters. The number of methoxy groups -OCH3 is 1. The molecule has 1 atom stereocenters. The summed E-state index contributed by atoms with van der Waals surface area (Å²) in [6.07, 6.45) is -0.396. The number of carbonyl (C=O) groups is 1. The van der Waals surface area contributed by atoms with Crippen molar-refractivity contribution in [3.63, 3.8) is 0 Å². The van der Waals surface area contributed by atoms with Crippen LogP contribution in [0.25, 0.3) is 0 Å². The first-order valence-corrected chi connectivity index (χ1v) is 6.36. The van der Waals surface area contributed by atoms with Crippen molar-refractivity contribution < 1.29 is 24.7 Å². The number of rotatable bonds is 8. The fourth-order valence-electron chi connectivity index (χ4n) is 1.69. The van der Waals surface area contributed by atoms with E-state index in [1.54, 1.807) is 0 Å². The number of aliphatic hydroxyl groups excluding tert-OH is 1. The third-order valence-electron chi connectivity index (χ3n) is 2.65. The highest BCUT2D eigenvalue weighted by Gasteiger charge is 2.20. The van der Waals surface area contributed by atoms with Crippen LogP contribution in [0.2, 0.25) is 5.02 Å². The fourth-order valence-corrected chi connectivity index (χ4v) is 1.97. The predicted molar refractivity (Wildman–Crippen MR) is 76.1 cm³/mol. The Balaban J connectivity index is 2.90. The van der Waals surface area contributed by atoms with E-state index in [0.717, 1.165) is 12.1 Å². The lowest BCUT2D eigenvalue weighted by Crippen LogP contribution is -2.19. The molecule has 116 valence electrons. The van der Waals surface area contributed by atoms with Gasteiger partial charge in [0.2, 0.25) is 0 Å². The molecular formula is C12H15ClN2O6. The fraction of sp³-hybridized carbons (Fsp3) is 0.417. The SMILES string of the molecule is COCC(O)CCNc1c(Cl)cc([N+](=O)[O-])cc1C(=O)O. The number of carboxylic acids is 1. The van der Waals surface area contributed by atoms with Crippen LogP contribution in [0, 0.1) is 10.1 Å². The minimum Gasteiger partial charge on any atom is -0.478 e. The Morgan fingerprint density at radius 1 is 1.57 bits per heavy atom. The maximum absolute atomic E-state index is 11.2. The number of nitro benzene ring substituents is 1. The van der Waals surface area contributed by atoms with E-state index in [9.17, 15) is 20.0 Å². The zero-order valence-corrected chi connectivity index (χ0v) is 12.0. The van der Waals surface area contributed by atoms with Gasteiger partial charge >= 0.3 is 5.97 Å². The van der Waals surface area contributed by atoms with Crippen molar-refractivity contribution in [1.82, 2.24) is 0 Å². The number of benzene rings is 1. The monoisotopic (exact) mass is 318 g/mol. The van der Waals surface area contributed by atoms with Crippen molar-refractivity contribution in [1.29, 1.82) is 0 Å². The summed E-state index contributed by atoms with van der Waals surface area (Å²) in [7, 11) is 1.45. The van der Waals surface area contributed by atoms with Gasteiger partial charge in [-0.15, -0.1) is 0 Å². The second-order valence-electron chi connectivity index (χ2n) is 4.24. The number of carboxylic acid groups (broad SMARTS) is 1. The zero-order chi connectivity index (χ0) is 16.0. The molecule has 8 nitrogen and oxygen atoms in total. The van der Waals surface area contributed by atoms with Crippen LogP contribution >= 0.6 is 11.6 Å².